The van der Waals surface area contributed by atoms with Gasteiger partial charge in [0.25, 0.3) is 5.91 Å². The van der Waals surface area contributed by atoms with Crippen LogP contribution in [0.15, 0.2) is 39.7 Å². The van der Waals surface area contributed by atoms with Crippen molar-refractivity contribution in [2.75, 3.05) is 0 Å². The van der Waals surface area contributed by atoms with Crippen LogP contribution in [0.5, 0.6) is 0 Å². The van der Waals surface area contributed by atoms with E-state index < -0.39 is 0 Å². The van der Waals surface area contributed by atoms with E-state index in [2.05, 4.69) is 13.8 Å². The highest BCUT2D eigenvalue weighted by Gasteiger charge is 2.31. The molecule has 0 unspecified atom stereocenters. The molecule has 1 amide bonds. The quantitative estimate of drug-likeness (QED) is 0.851. The molecular weight excluding hydrogens is 278 g/mol. The number of amides is 1. The Morgan fingerprint density at radius 1 is 1.32 bits per heavy atom. The van der Waals surface area contributed by atoms with Crippen molar-refractivity contribution in [2.24, 2.45) is 0 Å². The van der Waals surface area contributed by atoms with E-state index in [9.17, 15) is 9.59 Å². The Balaban J connectivity index is 1.99. The van der Waals surface area contributed by atoms with Crippen LogP contribution in [-0.2, 0) is 0 Å². The molecule has 0 bridgehead atoms. The Morgan fingerprint density at radius 3 is 2.91 bits per heavy atom. The van der Waals surface area contributed by atoms with Gasteiger partial charge in [-0.15, -0.1) is 0 Å². The molecule has 2 heterocycles. The molecule has 0 saturated carbocycles. The van der Waals surface area contributed by atoms with Crippen LogP contribution < -0.4 is 5.43 Å². The lowest BCUT2D eigenvalue weighted by Crippen LogP contribution is -2.48. The van der Waals surface area contributed by atoms with Crippen molar-refractivity contribution in [2.45, 2.75) is 51.6 Å². The average Bonchev–Trinajstić information content (AvgIpc) is 2.54. The molecule has 2 atom stereocenters. The molecule has 0 aliphatic carbocycles. The fraction of sp³-hybridized carbons (Fsp3) is 0.444. The van der Waals surface area contributed by atoms with Crippen molar-refractivity contribution in [1.29, 1.82) is 0 Å². The zero-order chi connectivity index (χ0) is 15.7. The molecule has 22 heavy (non-hydrogen) atoms. The van der Waals surface area contributed by atoms with Gasteiger partial charge in [0.1, 0.15) is 5.58 Å². The lowest BCUT2D eigenvalue weighted by atomic mass is 9.93. The first-order chi connectivity index (χ1) is 10.6. The summed E-state index contributed by atoms with van der Waals surface area (Å²) in [5.74, 6) is 0.0347. The second-order valence-electron chi connectivity index (χ2n) is 6.05. The molecule has 1 saturated heterocycles. The highest BCUT2D eigenvalue weighted by molar-refractivity contribution is 5.97. The first-order valence-electron chi connectivity index (χ1n) is 7.96. The molecular formula is C18H21NO3. The van der Waals surface area contributed by atoms with Crippen LogP contribution >= 0.6 is 0 Å². The molecule has 3 rings (SSSR count). The number of nitrogens with zero attached hydrogens (tertiary/aromatic N) is 1. The molecule has 4 heteroatoms. The molecule has 0 spiro atoms. The fourth-order valence-corrected chi connectivity index (χ4v) is 3.42. The lowest BCUT2D eigenvalue weighted by Gasteiger charge is -2.40. The van der Waals surface area contributed by atoms with Gasteiger partial charge in [-0.1, -0.05) is 6.92 Å². The van der Waals surface area contributed by atoms with Crippen LogP contribution in [-0.4, -0.2) is 22.9 Å². The molecule has 2 aromatic rings. The van der Waals surface area contributed by atoms with Crippen molar-refractivity contribution < 1.29 is 9.21 Å². The second kappa shape index (κ2) is 5.95. The molecule has 1 aromatic carbocycles. The monoisotopic (exact) mass is 299 g/mol. The van der Waals surface area contributed by atoms with E-state index in [-0.39, 0.29) is 17.4 Å². The summed E-state index contributed by atoms with van der Waals surface area (Å²) < 4.78 is 5.38. The van der Waals surface area contributed by atoms with Gasteiger partial charge < -0.3 is 9.32 Å². The summed E-state index contributed by atoms with van der Waals surface area (Å²) in [6.07, 6.45) is 5.63. The number of carbonyl (C=O) groups is 1. The number of rotatable bonds is 2. The maximum absolute atomic E-state index is 12.9. The largest absolute Gasteiger partial charge is 0.464 e. The van der Waals surface area contributed by atoms with Crippen molar-refractivity contribution in [1.82, 2.24) is 4.90 Å². The maximum atomic E-state index is 12.9. The van der Waals surface area contributed by atoms with E-state index in [0.29, 0.717) is 22.6 Å². The van der Waals surface area contributed by atoms with Gasteiger partial charge >= 0.3 is 0 Å². The lowest BCUT2D eigenvalue weighted by molar-refractivity contribution is 0.0473. The Bertz CT molecular complexity index is 749. The van der Waals surface area contributed by atoms with Crippen molar-refractivity contribution >= 4 is 16.9 Å². The summed E-state index contributed by atoms with van der Waals surface area (Å²) in [5, 5.41) is 0.512. The predicted molar refractivity (Wildman–Crippen MR) is 86.0 cm³/mol. The Labute approximate surface area is 129 Å². The molecule has 0 N–H and O–H groups in total. The Hall–Kier alpha value is -2.10. The van der Waals surface area contributed by atoms with E-state index >= 15 is 0 Å². The summed E-state index contributed by atoms with van der Waals surface area (Å²) in [6.45, 7) is 4.24. The highest BCUT2D eigenvalue weighted by Crippen LogP contribution is 2.27. The third-order valence-corrected chi connectivity index (χ3v) is 4.64. The third-order valence-electron chi connectivity index (χ3n) is 4.64. The highest BCUT2D eigenvalue weighted by atomic mass is 16.3. The van der Waals surface area contributed by atoms with Crippen LogP contribution in [0.4, 0.5) is 0 Å². The van der Waals surface area contributed by atoms with Crippen LogP contribution in [0, 0.1) is 0 Å². The molecule has 1 fully saturated rings. The van der Waals surface area contributed by atoms with Gasteiger partial charge in [-0.3, -0.25) is 9.59 Å². The van der Waals surface area contributed by atoms with E-state index in [4.69, 9.17) is 4.42 Å². The minimum Gasteiger partial charge on any atom is -0.464 e. The summed E-state index contributed by atoms with van der Waals surface area (Å²) in [5.41, 5.74) is 0.975. The topological polar surface area (TPSA) is 50.5 Å². The average molecular weight is 299 g/mol. The van der Waals surface area contributed by atoms with Crippen molar-refractivity contribution in [3.63, 3.8) is 0 Å². The van der Waals surface area contributed by atoms with Crippen molar-refractivity contribution in [3.05, 3.63) is 46.3 Å². The summed E-state index contributed by atoms with van der Waals surface area (Å²) >= 11 is 0. The summed E-state index contributed by atoms with van der Waals surface area (Å²) in [7, 11) is 0. The first kappa shape index (κ1) is 14.8. The Morgan fingerprint density at radius 2 is 2.14 bits per heavy atom. The summed E-state index contributed by atoms with van der Waals surface area (Å²) in [6, 6.07) is 7.05. The Kier molecular flexibility index (Phi) is 4.01. The van der Waals surface area contributed by atoms with Gasteiger partial charge in [-0.25, -0.2) is 0 Å². The molecule has 4 nitrogen and oxygen atoms in total. The van der Waals surface area contributed by atoms with Gasteiger partial charge in [0.05, 0.1) is 11.6 Å². The maximum Gasteiger partial charge on any atom is 0.254 e. The zero-order valence-electron chi connectivity index (χ0n) is 13.0. The molecule has 1 aromatic heterocycles. The molecule has 1 aliphatic rings. The van der Waals surface area contributed by atoms with Gasteiger partial charge in [-0.2, -0.15) is 0 Å². The van der Waals surface area contributed by atoms with Gasteiger partial charge in [0, 0.05) is 23.7 Å². The third kappa shape index (κ3) is 2.54. The molecule has 116 valence electrons. The van der Waals surface area contributed by atoms with Crippen LogP contribution in [0.1, 0.15) is 49.9 Å². The SMILES string of the molecule is CC[C@@H]1CCC[C@H](C)N1C(=O)c1ccc2c(=O)ccoc2c1. The number of benzene rings is 1. The molecule has 1 aliphatic heterocycles. The first-order valence-corrected chi connectivity index (χ1v) is 7.96. The van der Waals surface area contributed by atoms with Gasteiger partial charge in [0.2, 0.25) is 0 Å². The van der Waals surface area contributed by atoms with Crippen LogP contribution in [0.25, 0.3) is 11.0 Å². The van der Waals surface area contributed by atoms with E-state index in [1.54, 1.807) is 18.2 Å². The van der Waals surface area contributed by atoms with E-state index in [1.807, 2.05) is 4.90 Å². The van der Waals surface area contributed by atoms with E-state index in [1.165, 1.54) is 18.8 Å². The zero-order valence-corrected chi connectivity index (χ0v) is 13.0. The number of hydrogen-bond acceptors (Lipinski definition) is 3. The van der Waals surface area contributed by atoms with Crippen molar-refractivity contribution in [3.8, 4) is 0 Å². The number of piperidine rings is 1. The summed E-state index contributed by atoms with van der Waals surface area (Å²) in [4.78, 5) is 26.7. The van der Waals surface area contributed by atoms with Gasteiger partial charge in [0.15, 0.2) is 5.43 Å². The number of hydrogen-bond donors (Lipinski definition) is 0. The minimum atomic E-state index is -0.0852. The normalized spacial score (nSPS) is 22.0. The van der Waals surface area contributed by atoms with Gasteiger partial charge in [-0.05, 0) is 50.8 Å². The van der Waals surface area contributed by atoms with Crippen LogP contribution in [0.3, 0.4) is 0 Å². The standard InChI is InChI=1S/C18H21NO3/c1-3-14-6-4-5-12(2)19(14)18(21)13-7-8-15-16(20)9-10-22-17(15)11-13/h7-12,14H,3-6H2,1-2H3/t12-,14+/m0/s1. The minimum absolute atomic E-state index is 0.0347. The number of likely N-dealkylation sites (tertiary alicyclic amines) is 1. The predicted octanol–water partition coefficient (Wildman–Crippen LogP) is 3.59. The van der Waals surface area contributed by atoms with E-state index in [0.717, 1.165) is 19.3 Å². The fourth-order valence-electron chi connectivity index (χ4n) is 3.42. The number of fused-ring (bicyclic) bond motifs is 1. The smallest absolute Gasteiger partial charge is 0.254 e. The van der Waals surface area contributed by atoms with Crippen LogP contribution in [0.2, 0.25) is 0 Å². The second-order valence-corrected chi connectivity index (χ2v) is 6.05. The molecule has 0 radical (unpaired) electrons. The number of carbonyl (C=O) groups excluding carboxylic acids is 1.